The lowest BCUT2D eigenvalue weighted by atomic mass is 10.1. The molecule has 5 nitrogen and oxygen atoms in total. The van der Waals surface area contributed by atoms with Crippen molar-refractivity contribution in [2.45, 2.75) is 25.9 Å². The summed E-state index contributed by atoms with van der Waals surface area (Å²) in [6.45, 7) is 3.62. The number of aromatic nitrogens is 1. The highest BCUT2D eigenvalue weighted by molar-refractivity contribution is 5.78. The fourth-order valence-corrected chi connectivity index (χ4v) is 1.50. The van der Waals surface area contributed by atoms with Crippen LogP contribution in [0.2, 0.25) is 0 Å². The quantitative estimate of drug-likeness (QED) is 0.796. The van der Waals surface area contributed by atoms with Crippen LogP contribution < -0.4 is 5.73 Å². The summed E-state index contributed by atoms with van der Waals surface area (Å²) in [4.78, 5) is 17.4. The molecule has 0 saturated carbocycles. The topological polar surface area (TPSA) is 79.5 Å². The zero-order valence-corrected chi connectivity index (χ0v) is 10.5. The Kier molecular flexibility index (Phi) is 4.07. The van der Waals surface area contributed by atoms with Crippen molar-refractivity contribution in [3.8, 4) is 0 Å². The number of hydrogen-bond donors (Lipinski definition) is 2. The number of anilines is 1. The molecule has 0 atom stereocenters. The Balaban J connectivity index is 2.57. The van der Waals surface area contributed by atoms with E-state index in [0.29, 0.717) is 17.9 Å². The second-order valence-corrected chi connectivity index (χ2v) is 4.82. The van der Waals surface area contributed by atoms with Gasteiger partial charge in [-0.3, -0.25) is 9.78 Å². The minimum absolute atomic E-state index is 0.0793. The van der Waals surface area contributed by atoms with Crippen LogP contribution in [0.4, 0.5) is 5.69 Å². The number of carbonyl (C=O) groups is 1. The molecule has 0 fully saturated rings. The van der Waals surface area contributed by atoms with Crippen molar-refractivity contribution in [3.05, 3.63) is 24.0 Å². The van der Waals surface area contributed by atoms with Gasteiger partial charge in [0.05, 0.1) is 23.9 Å². The SMILES string of the molecule is CN(CC(C)(C)O)C(=O)Cc1ccc(N)cn1. The lowest BCUT2D eigenvalue weighted by Crippen LogP contribution is -2.40. The summed E-state index contributed by atoms with van der Waals surface area (Å²) in [5, 5.41) is 9.61. The highest BCUT2D eigenvalue weighted by Gasteiger charge is 2.19. The summed E-state index contributed by atoms with van der Waals surface area (Å²) in [7, 11) is 1.66. The Morgan fingerprint density at radius 2 is 2.18 bits per heavy atom. The van der Waals surface area contributed by atoms with Crippen LogP contribution in [0.15, 0.2) is 18.3 Å². The van der Waals surface area contributed by atoms with Crippen molar-refractivity contribution in [2.24, 2.45) is 0 Å². The average Bonchev–Trinajstić information content (AvgIpc) is 2.19. The van der Waals surface area contributed by atoms with Gasteiger partial charge in [0.2, 0.25) is 5.91 Å². The smallest absolute Gasteiger partial charge is 0.228 e. The van der Waals surface area contributed by atoms with Crippen LogP contribution in [0.3, 0.4) is 0 Å². The largest absolute Gasteiger partial charge is 0.397 e. The van der Waals surface area contributed by atoms with E-state index in [9.17, 15) is 9.90 Å². The number of nitrogens with zero attached hydrogens (tertiary/aromatic N) is 2. The van der Waals surface area contributed by atoms with E-state index >= 15 is 0 Å². The second kappa shape index (κ2) is 5.14. The Morgan fingerprint density at radius 3 is 2.65 bits per heavy atom. The predicted octanol–water partition coefficient (Wildman–Crippen LogP) is 0.436. The molecular weight excluding hydrogens is 218 g/mol. The van der Waals surface area contributed by atoms with Crippen LogP contribution in [0.1, 0.15) is 19.5 Å². The molecular formula is C12H19N3O2. The average molecular weight is 237 g/mol. The van der Waals surface area contributed by atoms with E-state index in [1.807, 2.05) is 0 Å². The van der Waals surface area contributed by atoms with E-state index in [-0.39, 0.29) is 12.3 Å². The molecule has 0 aliphatic carbocycles. The molecule has 94 valence electrons. The first-order valence-electron chi connectivity index (χ1n) is 5.45. The number of carbonyl (C=O) groups excluding carboxylic acids is 1. The van der Waals surface area contributed by atoms with E-state index in [0.717, 1.165) is 0 Å². The molecule has 1 amide bonds. The Morgan fingerprint density at radius 1 is 1.53 bits per heavy atom. The molecule has 3 N–H and O–H groups in total. The number of aliphatic hydroxyl groups is 1. The van der Waals surface area contributed by atoms with Crippen molar-refractivity contribution >= 4 is 11.6 Å². The van der Waals surface area contributed by atoms with Gasteiger partial charge in [-0.2, -0.15) is 0 Å². The lowest BCUT2D eigenvalue weighted by molar-refractivity contribution is -0.131. The maximum Gasteiger partial charge on any atom is 0.228 e. The summed E-state index contributed by atoms with van der Waals surface area (Å²) in [5.41, 5.74) is 5.87. The van der Waals surface area contributed by atoms with Gasteiger partial charge in [-0.15, -0.1) is 0 Å². The van der Waals surface area contributed by atoms with Crippen LogP contribution in [-0.2, 0) is 11.2 Å². The van der Waals surface area contributed by atoms with Gasteiger partial charge in [0.1, 0.15) is 0 Å². The summed E-state index contributed by atoms with van der Waals surface area (Å²) in [6.07, 6.45) is 1.74. The van der Waals surface area contributed by atoms with E-state index in [2.05, 4.69) is 4.98 Å². The molecule has 1 rings (SSSR count). The summed E-state index contributed by atoms with van der Waals surface area (Å²) in [5.74, 6) is -0.0793. The van der Waals surface area contributed by atoms with Crippen molar-refractivity contribution in [3.63, 3.8) is 0 Å². The summed E-state index contributed by atoms with van der Waals surface area (Å²) in [6, 6.07) is 3.44. The molecule has 0 aromatic carbocycles. The standard InChI is InChI=1S/C12H19N3O2/c1-12(2,17)8-15(3)11(16)6-10-5-4-9(13)7-14-10/h4-5,7,17H,6,8,13H2,1-3H3. The molecule has 1 heterocycles. The molecule has 0 radical (unpaired) electrons. The Labute approximate surface area is 101 Å². The van der Waals surface area contributed by atoms with E-state index < -0.39 is 5.60 Å². The van der Waals surface area contributed by atoms with Crippen LogP contribution in [0.5, 0.6) is 0 Å². The second-order valence-electron chi connectivity index (χ2n) is 4.82. The van der Waals surface area contributed by atoms with E-state index in [1.54, 1.807) is 33.0 Å². The van der Waals surface area contributed by atoms with Crippen LogP contribution in [0, 0.1) is 0 Å². The van der Waals surface area contributed by atoms with Gasteiger partial charge < -0.3 is 15.7 Å². The molecule has 17 heavy (non-hydrogen) atoms. The number of likely N-dealkylation sites (N-methyl/N-ethyl adjacent to an activating group) is 1. The van der Waals surface area contributed by atoms with Crippen molar-refractivity contribution in [1.29, 1.82) is 0 Å². The maximum atomic E-state index is 11.8. The summed E-state index contributed by atoms with van der Waals surface area (Å²) >= 11 is 0. The van der Waals surface area contributed by atoms with Crippen molar-refractivity contribution < 1.29 is 9.90 Å². The highest BCUT2D eigenvalue weighted by Crippen LogP contribution is 2.06. The molecule has 0 bridgehead atoms. The minimum atomic E-state index is -0.890. The first kappa shape index (κ1) is 13.4. The Bertz CT molecular complexity index is 382. The van der Waals surface area contributed by atoms with E-state index in [4.69, 9.17) is 5.73 Å². The third-order valence-electron chi connectivity index (χ3n) is 2.23. The number of rotatable bonds is 4. The van der Waals surface area contributed by atoms with Gasteiger partial charge in [0.15, 0.2) is 0 Å². The first-order chi connectivity index (χ1) is 7.78. The molecule has 5 heteroatoms. The molecule has 1 aromatic heterocycles. The number of nitrogen functional groups attached to an aromatic ring is 1. The third kappa shape index (κ3) is 4.82. The van der Waals surface area contributed by atoms with Crippen LogP contribution >= 0.6 is 0 Å². The molecule has 0 unspecified atom stereocenters. The molecule has 0 saturated heterocycles. The van der Waals surface area contributed by atoms with Crippen molar-refractivity contribution in [1.82, 2.24) is 9.88 Å². The number of hydrogen-bond acceptors (Lipinski definition) is 4. The first-order valence-corrected chi connectivity index (χ1v) is 5.45. The minimum Gasteiger partial charge on any atom is -0.397 e. The monoisotopic (exact) mass is 237 g/mol. The van der Waals surface area contributed by atoms with Gasteiger partial charge in [0.25, 0.3) is 0 Å². The molecule has 0 spiro atoms. The number of amides is 1. The predicted molar refractivity (Wildman–Crippen MR) is 66.3 cm³/mol. The fourth-order valence-electron chi connectivity index (χ4n) is 1.50. The Hall–Kier alpha value is -1.62. The zero-order chi connectivity index (χ0) is 13.1. The van der Waals surface area contributed by atoms with Crippen LogP contribution in [-0.4, -0.2) is 40.1 Å². The van der Waals surface area contributed by atoms with Crippen molar-refractivity contribution in [2.75, 3.05) is 19.3 Å². The third-order valence-corrected chi connectivity index (χ3v) is 2.23. The van der Waals surface area contributed by atoms with Gasteiger partial charge in [-0.25, -0.2) is 0 Å². The fraction of sp³-hybridized carbons (Fsp3) is 0.500. The van der Waals surface area contributed by atoms with E-state index in [1.165, 1.54) is 11.1 Å². The zero-order valence-electron chi connectivity index (χ0n) is 10.5. The lowest BCUT2D eigenvalue weighted by Gasteiger charge is -2.25. The van der Waals surface area contributed by atoms with Gasteiger partial charge >= 0.3 is 0 Å². The molecule has 1 aromatic rings. The van der Waals surface area contributed by atoms with Crippen LogP contribution in [0.25, 0.3) is 0 Å². The summed E-state index contributed by atoms with van der Waals surface area (Å²) < 4.78 is 0. The maximum absolute atomic E-state index is 11.8. The highest BCUT2D eigenvalue weighted by atomic mass is 16.3. The van der Waals surface area contributed by atoms with Gasteiger partial charge in [-0.1, -0.05) is 0 Å². The van der Waals surface area contributed by atoms with Gasteiger partial charge in [0, 0.05) is 19.3 Å². The number of pyridine rings is 1. The van der Waals surface area contributed by atoms with Gasteiger partial charge in [-0.05, 0) is 26.0 Å². The number of nitrogens with two attached hydrogens (primary N) is 1. The molecule has 0 aliphatic rings. The normalized spacial score (nSPS) is 11.3. The molecule has 0 aliphatic heterocycles.